The Hall–Kier alpha value is -3.02. The van der Waals surface area contributed by atoms with Crippen LogP contribution in [0.25, 0.3) is 11.0 Å². The number of rotatable bonds is 4. The smallest absolute Gasteiger partial charge is 0.335 e. The fourth-order valence-corrected chi connectivity index (χ4v) is 2.81. The highest BCUT2D eigenvalue weighted by atomic mass is 16.4. The van der Waals surface area contributed by atoms with Crippen molar-refractivity contribution >= 4 is 22.7 Å². The van der Waals surface area contributed by atoms with E-state index in [9.17, 15) is 9.59 Å². The number of carbonyl (C=O) groups is 1. The number of aromatic carboxylic acids is 1. The van der Waals surface area contributed by atoms with Gasteiger partial charge in [0.2, 0.25) is 0 Å². The molecule has 0 aliphatic rings. The average molecular weight is 325 g/mol. The van der Waals surface area contributed by atoms with Crippen LogP contribution in [0.4, 0.5) is 5.69 Å². The largest absolute Gasteiger partial charge is 0.478 e. The molecule has 0 fully saturated rings. The molecule has 0 aliphatic heterocycles. The van der Waals surface area contributed by atoms with Crippen molar-refractivity contribution in [2.75, 3.05) is 5.32 Å². The Morgan fingerprint density at radius 1 is 1.08 bits per heavy atom. The first kappa shape index (κ1) is 15.9. The molecular weight excluding hydrogens is 306 g/mol. The number of nitrogens with zero attached hydrogens (tertiary/aromatic N) is 2. The van der Waals surface area contributed by atoms with Gasteiger partial charge in [0, 0.05) is 26.3 Å². The van der Waals surface area contributed by atoms with Crippen molar-refractivity contribution in [3.05, 3.63) is 63.6 Å². The van der Waals surface area contributed by atoms with Crippen molar-refractivity contribution in [2.24, 2.45) is 14.1 Å². The highest BCUT2D eigenvalue weighted by molar-refractivity contribution is 5.89. The van der Waals surface area contributed by atoms with E-state index in [1.165, 1.54) is 0 Å². The van der Waals surface area contributed by atoms with Crippen LogP contribution < -0.4 is 11.0 Å². The Morgan fingerprint density at radius 3 is 2.50 bits per heavy atom. The van der Waals surface area contributed by atoms with Crippen LogP contribution in [-0.2, 0) is 20.6 Å². The van der Waals surface area contributed by atoms with Gasteiger partial charge in [-0.05, 0) is 42.3 Å². The normalized spacial score (nSPS) is 11.0. The molecule has 0 amide bonds. The molecule has 0 aliphatic carbocycles. The van der Waals surface area contributed by atoms with Crippen LogP contribution in [0.5, 0.6) is 0 Å². The molecule has 24 heavy (non-hydrogen) atoms. The van der Waals surface area contributed by atoms with Gasteiger partial charge in [-0.2, -0.15) is 0 Å². The molecule has 124 valence electrons. The first-order valence-corrected chi connectivity index (χ1v) is 7.60. The van der Waals surface area contributed by atoms with Gasteiger partial charge in [0.15, 0.2) is 0 Å². The highest BCUT2D eigenvalue weighted by Gasteiger charge is 2.09. The highest BCUT2D eigenvalue weighted by Crippen LogP contribution is 2.19. The second-order valence-corrected chi connectivity index (χ2v) is 5.91. The fraction of sp³-hybridized carbons (Fsp3) is 0.222. The summed E-state index contributed by atoms with van der Waals surface area (Å²) >= 11 is 0. The van der Waals surface area contributed by atoms with E-state index < -0.39 is 5.97 Å². The third kappa shape index (κ3) is 2.67. The average Bonchev–Trinajstić information content (AvgIpc) is 2.78. The summed E-state index contributed by atoms with van der Waals surface area (Å²) in [6, 6.07) is 10.9. The minimum Gasteiger partial charge on any atom is -0.478 e. The summed E-state index contributed by atoms with van der Waals surface area (Å²) in [5.74, 6) is -0.946. The topological polar surface area (TPSA) is 76.3 Å². The number of hydrogen-bond acceptors (Lipinski definition) is 3. The van der Waals surface area contributed by atoms with Crippen LogP contribution in [0.3, 0.4) is 0 Å². The van der Waals surface area contributed by atoms with E-state index in [1.807, 2.05) is 25.1 Å². The Bertz CT molecular complexity index is 999. The van der Waals surface area contributed by atoms with E-state index in [0.29, 0.717) is 6.54 Å². The number of aromatic nitrogens is 2. The minimum absolute atomic E-state index is 0.0555. The molecule has 3 aromatic rings. The van der Waals surface area contributed by atoms with E-state index in [0.717, 1.165) is 27.8 Å². The van der Waals surface area contributed by atoms with Crippen LogP contribution in [0, 0.1) is 6.92 Å². The maximum atomic E-state index is 12.0. The zero-order chi connectivity index (χ0) is 17.4. The summed E-state index contributed by atoms with van der Waals surface area (Å²) in [5.41, 5.74) is 4.74. The monoisotopic (exact) mass is 325 g/mol. The summed E-state index contributed by atoms with van der Waals surface area (Å²) in [4.78, 5) is 23.1. The predicted molar refractivity (Wildman–Crippen MR) is 93.6 cm³/mol. The summed E-state index contributed by atoms with van der Waals surface area (Å²) in [7, 11) is 3.51. The van der Waals surface area contributed by atoms with Gasteiger partial charge in [0.05, 0.1) is 16.6 Å². The molecular formula is C18H19N3O3. The Balaban J connectivity index is 1.89. The van der Waals surface area contributed by atoms with Crippen molar-refractivity contribution in [3.8, 4) is 0 Å². The standard InChI is InChI=1S/C18H19N3O3/c1-11-4-6-13(17(22)23)9-14(11)19-10-12-5-7-15-16(8-12)21(3)18(24)20(15)2/h4-9,19H,10H2,1-3H3,(H,22,23). The van der Waals surface area contributed by atoms with Crippen molar-refractivity contribution in [3.63, 3.8) is 0 Å². The van der Waals surface area contributed by atoms with Gasteiger partial charge in [-0.15, -0.1) is 0 Å². The van der Waals surface area contributed by atoms with Gasteiger partial charge >= 0.3 is 11.7 Å². The number of anilines is 1. The molecule has 2 aromatic carbocycles. The van der Waals surface area contributed by atoms with Crippen LogP contribution in [0.1, 0.15) is 21.5 Å². The van der Waals surface area contributed by atoms with Gasteiger partial charge in [-0.25, -0.2) is 9.59 Å². The molecule has 1 heterocycles. The minimum atomic E-state index is -0.946. The zero-order valence-corrected chi connectivity index (χ0v) is 13.8. The first-order chi connectivity index (χ1) is 11.4. The van der Waals surface area contributed by atoms with Gasteiger partial charge in [-0.3, -0.25) is 9.13 Å². The van der Waals surface area contributed by atoms with Crippen LogP contribution in [-0.4, -0.2) is 20.2 Å². The lowest BCUT2D eigenvalue weighted by atomic mass is 10.1. The Morgan fingerprint density at radius 2 is 1.79 bits per heavy atom. The van der Waals surface area contributed by atoms with Gasteiger partial charge < -0.3 is 10.4 Å². The predicted octanol–water partition coefficient (Wildman–Crippen LogP) is 2.50. The third-order valence-corrected chi connectivity index (χ3v) is 4.30. The molecule has 6 nitrogen and oxygen atoms in total. The summed E-state index contributed by atoms with van der Waals surface area (Å²) in [6.07, 6.45) is 0. The molecule has 0 radical (unpaired) electrons. The zero-order valence-electron chi connectivity index (χ0n) is 13.8. The Labute approximate surface area is 139 Å². The van der Waals surface area contributed by atoms with Crippen molar-refractivity contribution in [1.82, 2.24) is 9.13 Å². The molecule has 0 atom stereocenters. The van der Waals surface area contributed by atoms with Crippen LogP contribution >= 0.6 is 0 Å². The molecule has 0 unspecified atom stereocenters. The maximum absolute atomic E-state index is 12.0. The first-order valence-electron chi connectivity index (χ1n) is 7.60. The van der Waals surface area contributed by atoms with Crippen molar-refractivity contribution < 1.29 is 9.90 Å². The van der Waals surface area contributed by atoms with Crippen molar-refractivity contribution in [1.29, 1.82) is 0 Å². The van der Waals surface area contributed by atoms with Crippen LogP contribution in [0.15, 0.2) is 41.2 Å². The van der Waals surface area contributed by atoms with E-state index in [-0.39, 0.29) is 11.3 Å². The second-order valence-electron chi connectivity index (χ2n) is 5.91. The number of carboxylic acids is 1. The summed E-state index contributed by atoms with van der Waals surface area (Å²) in [5, 5.41) is 12.4. The van der Waals surface area contributed by atoms with E-state index in [4.69, 9.17) is 5.11 Å². The molecule has 6 heteroatoms. The van der Waals surface area contributed by atoms with E-state index in [2.05, 4.69) is 5.32 Å². The van der Waals surface area contributed by atoms with Gasteiger partial charge in [-0.1, -0.05) is 12.1 Å². The van der Waals surface area contributed by atoms with E-state index in [1.54, 1.807) is 41.4 Å². The number of nitrogens with one attached hydrogen (secondary N) is 1. The number of fused-ring (bicyclic) bond motifs is 1. The number of aryl methyl sites for hydroxylation is 3. The molecule has 0 saturated heterocycles. The number of benzene rings is 2. The lowest BCUT2D eigenvalue weighted by Gasteiger charge is -2.11. The SMILES string of the molecule is Cc1ccc(C(=O)O)cc1NCc1ccc2c(c1)n(C)c(=O)n2C. The second kappa shape index (κ2) is 5.88. The summed E-state index contributed by atoms with van der Waals surface area (Å²) in [6.45, 7) is 2.47. The van der Waals surface area contributed by atoms with Crippen LogP contribution in [0.2, 0.25) is 0 Å². The number of imidazole rings is 1. The van der Waals surface area contributed by atoms with Crippen molar-refractivity contribution in [2.45, 2.75) is 13.5 Å². The molecule has 3 rings (SSSR count). The molecule has 0 bridgehead atoms. The maximum Gasteiger partial charge on any atom is 0.335 e. The lowest BCUT2D eigenvalue weighted by molar-refractivity contribution is 0.0697. The third-order valence-electron chi connectivity index (χ3n) is 4.30. The van der Waals surface area contributed by atoms with Gasteiger partial charge in [0.25, 0.3) is 0 Å². The molecule has 0 saturated carbocycles. The Kier molecular flexibility index (Phi) is 3.89. The fourth-order valence-electron chi connectivity index (χ4n) is 2.81. The summed E-state index contributed by atoms with van der Waals surface area (Å²) < 4.78 is 3.24. The van der Waals surface area contributed by atoms with E-state index >= 15 is 0 Å². The van der Waals surface area contributed by atoms with Gasteiger partial charge in [0.1, 0.15) is 0 Å². The quantitative estimate of drug-likeness (QED) is 0.773. The molecule has 0 spiro atoms. The molecule has 2 N–H and O–H groups in total. The number of hydrogen-bond donors (Lipinski definition) is 2. The lowest BCUT2D eigenvalue weighted by Crippen LogP contribution is -2.19. The molecule has 1 aromatic heterocycles. The number of carboxylic acid groups (broad SMARTS) is 1.